The zero-order valence-corrected chi connectivity index (χ0v) is 23.7. The normalized spacial score (nSPS) is 11.9. The Labute approximate surface area is 229 Å². The minimum atomic E-state index is -0.209. The molecular weight excluding hydrogens is 490 g/mol. The first-order chi connectivity index (χ1) is 18.1. The molecule has 38 heavy (non-hydrogen) atoms. The van der Waals surface area contributed by atoms with Crippen LogP contribution in [0.2, 0.25) is 0 Å². The molecule has 1 N–H and O–H groups in total. The predicted molar refractivity (Wildman–Crippen MR) is 157 cm³/mol. The highest BCUT2D eigenvalue weighted by Crippen LogP contribution is 2.30. The van der Waals surface area contributed by atoms with Gasteiger partial charge in [0.15, 0.2) is 11.0 Å². The fourth-order valence-corrected chi connectivity index (χ4v) is 4.65. The number of hydrogen-bond acceptors (Lipinski definition) is 5. The van der Waals surface area contributed by atoms with Gasteiger partial charge < -0.3 is 0 Å². The number of hydrogen-bond donors (Lipinski definition) is 1. The van der Waals surface area contributed by atoms with Crippen LogP contribution in [0.5, 0.6) is 0 Å². The summed E-state index contributed by atoms with van der Waals surface area (Å²) in [5.74, 6) is 1.17. The quantitative estimate of drug-likeness (QED) is 0.154. The molecule has 0 atom stereocenters. The van der Waals surface area contributed by atoms with Crippen LogP contribution in [0.15, 0.2) is 83.1 Å². The molecule has 0 radical (unpaired) electrons. The standard InChI is InChI=1S/C31H35N5OS/c1-21(2)24-11-9-23(10-12-24)19-32-33-28(37)20-38-30-35-34-29(36(30)27-17-7-22(3)8-18-27)25-13-15-26(16-14-25)31(4,5)6/h7-19,21H,20H2,1-6H3,(H,33,37)/b32-19-. The molecule has 0 spiro atoms. The van der Waals surface area contributed by atoms with E-state index in [9.17, 15) is 4.79 Å². The lowest BCUT2D eigenvalue weighted by Gasteiger charge is -2.19. The monoisotopic (exact) mass is 525 g/mol. The number of rotatable bonds is 8. The third kappa shape index (κ3) is 6.78. The van der Waals surface area contributed by atoms with E-state index in [1.807, 2.05) is 28.8 Å². The molecule has 0 aliphatic carbocycles. The molecule has 1 heterocycles. The molecule has 4 aromatic rings. The van der Waals surface area contributed by atoms with Crippen LogP contribution in [0.25, 0.3) is 17.1 Å². The molecule has 1 amide bonds. The number of carbonyl (C=O) groups is 1. The summed E-state index contributed by atoms with van der Waals surface area (Å²) in [7, 11) is 0. The average molecular weight is 526 g/mol. The van der Waals surface area contributed by atoms with Gasteiger partial charge >= 0.3 is 0 Å². The summed E-state index contributed by atoms with van der Waals surface area (Å²) in [4.78, 5) is 12.5. The highest BCUT2D eigenvalue weighted by Gasteiger charge is 2.19. The van der Waals surface area contributed by atoms with Crippen molar-refractivity contribution < 1.29 is 4.79 Å². The van der Waals surface area contributed by atoms with Crippen LogP contribution in [-0.4, -0.2) is 32.6 Å². The van der Waals surface area contributed by atoms with Gasteiger partial charge in [-0.05, 0) is 47.1 Å². The molecule has 0 saturated carbocycles. The number of thioether (sulfide) groups is 1. The van der Waals surface area contributed by atoms with Crippen molar-refractivity contribution in [3.8, 4) is 17.1 Å². The first-order valence-corrected chi connectivity index (χ1v) is 13.8. The van der Waals surface area contributed by atoms with E-state index in [0.717, 1.165) is 22.6 Å². The Bertz CT molecular complexity index is 1400. The number of carbonyl (C=O) groups excluding carboxylic acids is 1. The van der Waals surface area contributed by atoms with Crippen LogP contribution < -0.4 is 5.43 Å². The summed E-state index contributed by atoms with van der Waals surface area (Å²) in [5, 5.41) is 13.7. The Morgan fingerprint density at radius 2 is 1.63 bits per heavy atom. The van der Waals surface area contributed by atoms with Crippen LogP contribution in [0, 0.1) is 6.92 Å². The van der Waals surface area contributed by atoms with Crippen molar-refractivity contribution in [2.24, 2.45) is 5.10 Å². The molecule has 0 unspecified atom stereocenters. The highest BCUT2D eigenvalue weighted by atomic mass is 32.2. The number of nitrogens with one attached hydrogen (secondary N) is 1. The molecular formula is C31H35N5OS. The summed E-state index contributed by atoms with van der Waals surface area (Å²) in [5.41, 5.74) is 9.22. The van der Waals surface area contributed by atoms with Crippen LogP contribution in [0.4, 0.5) is 0 Å². The van der Waals surface area contributed by atoms with Gasteiger partial charge in [0, 0.05) is 11.3 Å². The van der Waals surface area contributed by atoms with E-state index >= 15 is 0 Å². The van der Waals surface area contributed by atoms with E-state index in [4.69, 9.17) is 0 Å². The molecule has 0 saturated heterocycles. The third-order valence-electron chi connectivity index (χ3n) is 6.27. The first kappa shape index (κ1) is 27.3. The van der Waals surface area contributed by atoms with Crippen LogP contribution >= 0.6 is 11.8 Å². The van der Waals surface area contributed by atoms with Crippen LogP contribution in [-0.2, 0) is 10.2 Å². The minimum Gasteiger partial charge on any atom is -0.272 e. The number of benzene rings is 3. The smallest absolute Gasteiger partial charge is 0.250 e. The highest BCUT2D eigenvalue weighted by molar-refractivity contribution is 7.99. The van der Waals surface area contributed by atoms with Gasteiger partial charge in [0.25, 0.3) is 5.91 Å². The summed E-state index contributed by atoms with van der Waals surface area (Å²) in [6, 6.07) is 24.8. The second-order valence-electron chi connectivity index (χ2n) is 10.7. The number of aromatic nitrogens is 3. The third-order valence-corrected chi connectivity index (χ3v) is 7.20. The van der Waals surface area contributed by atoms with Crippen molar-refractivity contribution in [1.82, 2.24) is 20.2 Å². The minimum absolute atomic E-state index is 0.0670. The Morgan fingerprint density at radius 3 is 2.24 bits per heavy atom. The Balaban J connectivity index is 1.50. The van der Waals surface area contributed by atoms with Crippen molar-refractivity contribution in [3.05, 3.63) is 95.1 Å². The van der Waals surface area contributed by atoms with Crippen molar-refractivity contribution in [1.29, 1.82) is 0 Å². The van der Waals surface area contributed by atoms with Gasteiger partial charge in [0.1, 0.15) is 0 Å². The van der Waals surface area contributed by atoms with Crippen molar-refractivity contribution in [2.45, 2.75) is 58.0 Å². The van der Waals surface area contributed by atoms with E-state index in [2.05, 4.69) is 111 Å². The van der Waals surface area contributed by atoms with E-state index < -0.39 is 0 Å². The van der Waals surface area contributed by atoms with E-state index in [1.54, 1.807) is 6.21 Å². The zero-order chi connectivity index (χ0) is 27.3. The van der Waals surface area contributed by atoms with E-state index in [-0.39, 0.29) is 17.1 Å². The molecule has 0 aliphatic rings. The second kappa shape index (κ2) is 11.8. The SMILES string of the molecule is Cc1ccc(-n2c(SCC(=O)N/N=C\c3ccc(C(C)C)cc3)nnc2-c2ccc(C(C)(C)C)cc2)cc1. The molecule has 6 nitrogen and oxygen atoms in total. The van der Waals surface area contributed by atoms with Gasteiger partial charge in [-0.3, -0.25) is 9.36 Å². The molecule has 0 fully saturated rings. The largest absolute Gasteiger partial charge is 0.272 e. The maximum atomic E-state index is 12.5. The molecule has 0 aliphatic heterocycles. The fraction of sp³-hybridized carbons (Fsp3) is 0.290. The van der Waals surface area contributed by atoms with Gasteiger partial charge in [-0.15, -0.1) is 10.2 Å². The summed E-state index contributed by atoms with van der Waals surface area (Å²) in [6.07, 6.45) is 1.65. The predicted octanol–water partition coefficient (Wildman–Crippen LogP) is 6.91. The molecule has 3 aromatic carbocycles. The van der Waals surface area contributed by atoms with E-state index in [1.165, 1.54) is 28.5 Å². The molecule has 0 bridgehead atoms. The summed E-state index contributed by atoms with van der Waals surface area (Å²) >= 11 is 1.33. The lowest BCUT2D eigenvalue weighted by molar-refractivity contribution is -0.118. The van der Waals surface area contributed by atoms with Gasteiger partial charge in [-0.25, -0.2) is 5.43 Å². The lowest BCUT2D eigenvalue weighted by atomic mass is 9.87. The van der Waals surface area contributed by atoms with Crippen molar-refractivity contribution in [2.75, 3.05) is 5.75 Å². The molecule has 7 heteroatoms. The summed E-state index contributed by atoms with van der Waals surface area (Å²) < 4.78 is 2.00. The van der Waals surface area contributed by atoms with Gasteiger partial charge in [0.05, 0.1) is 12.0 Å². The number of aryl methyl sites for hydroxylation is 1. The van der Waals surface area contributed by atoms with Gasteiger partial charge in [-0.2, -0.15) is 5.10 Å². The maximum Gasteiger partial charge on any atom is 0.250 e. The number of hydrazone groups is 1. The average Bonchev–Trinajstić information content (AvgIpc) is 3.32. The van der Waals surface area contributed by atoms with Crippen molar-refractivity contribution >= 4 is 23.9 Å². The van der Waals surface area contributed by atoms with Crippen LogP contribution in [0.3, 0.4) is 0 Å². The number of nitrogens with zero attached hydrogens (tertiary/aromatic N) is 4. The maximum absolute atomic E-state index is 12.5. The molecule has 4 rings (SSSR count). The zero-order valence-electron chi connectivity index (χ0n) is 22.9. The topological polar surface area (TPSA) is 72.2 Å². The van der Waals surface area contributed by atoms with Gasteiger partial charge in [-0.1, -0.05) is 113 Å². The number of amides is 1. The van der Waals surface area contributed by atoms with Crippen LogP contribution in [0.1, 0.15) is 62.8 Å². The Hall–Kier alpha value is -3.71. The second-order valence-corrected chi connectivity index (χ2v) is 11.7. The molecule has 196 valence electrons. The van der Waals surface area contributed by atoms with Crippen molar-refractivity contribution in [3.63, 3.8) is 0 Å². The fourth-order valence-electron chi connectivity index (χ4n) is 3.90. The summed E-state index contributed by atoms with van der Waals surface area (Å²) in [6.45, 7) is 13.0. The molecule has 1 aromatic heterocycles. The first-order valence-electron chi connectivity index (χ1n) is 12.8. The Kier molecular flexibility index (Phi) is 8.47. The lowest BCUT2D eigenvalue weighted by Crippen LogP contribution is -2.20. The van der Waals surface area contributed by atoms with E-state index in [0.29, 0.717) is 11.1 Å². The van der Waals surface area contributed by atoms with Gasteiger partial charge in [0.2, 0.25) is 0 Å². The Morgan fingerprint density at radius 1 is 0.974 bits per heavy atom.